The van der Waals surface area contributed by atoms with Crippen molar-refractivity contribution >= 4 is 11.6 Å². The number of nitrogens with zero attached hydrogens (tertiary/aromatic N) is 2. The van der Waals surface area contributed by atoms with E-state index in [-0.39, 0.29) is 5.02 Å². The summed E-state index contributed by atoms with van der Waals surface area (Å²) in [6.45, 7) is 3.78. The molecular weight excluding hydrogens is 255 g/mol. The van der Waals surface area contributed by atoms with E-state index in [1.165, 1.54) is 12.1 Å². The molecule has 0 aliphatic rings. The second kappa shape index (κ2) is 5.31. The number of aromatic nitrogens is 2. The predicted molar refractivity (Wildman–Crippen MR) is 67.6 cm³/mol. The lowest BCUT2D eigenvalue weighted by molar-refractivity contribution is 0.454. The third-order valence-corrected chi connectivity index (χ3v) is 2.65. The first-order chi connectivity index (χ1) is 8.58. The lowest BCUT2D eigenvalue weighted by atomic mass is 10.3. The number of aryl methyl sites for hydroxylation is 2. The van der Waals surface area contributed by atoms with E-state index in [0.717, 1.165) is 12.1 Å². The average Bonchev–Trinajstić information content (AvgIpc) is 2.33. The summed E-state index contributed by atoms with van der Waals surface area (Å²) in [5, 5.41) is 0.0652. The van der Waals surface area contributed by atoms with Crippen LogP contribution < -0.4 is 4.74 Å². The second-order valence-corrected chi connectivity index (χ2v) is 4.18. The summed E-state index contributed by atoms with van der Waals surface area (Å²) >= 11 is 5.60. The Kier molecular flexibility index (Phi) is 3.77. The van der Waals surface area contributed by atoms with Crippen molar-refractivity contribution in [1.29, 1.82) is 0 Å². The SMILES string of the molecule is CCc1cc(Oc2ccc(Cl)c(F)c2)nc(C)n1. The van der Waals surface area contributed by atoms with Crippen molar-refractivity contribution in [1.82, 2.24) is 9.97 Å². The average molecular weight is 267 g/mol. The van der Waals surface area contributed by atoms with Gasteiger partial charge in [0.15, 0.2) is 0 Å². The zero-order chi connectivity index (χ0) is 13.1. The minimum Gasteiger partial charge on any atom is -0.439 e. The van der Waals surface area contributed by atoms with Crippen LogP contribution in [0.5, 0.6) is 11.6 Å². The Labute approximate surface area is 110 Å². The third kappa shape index (κ3) is 2.96. The standard InChI is InChI=1S/C13H12ClFN2O/c1-3-9-6-13(17-8(2)16-9)18-10-4-5-11(14)12(15)7-10/h4-7H,3H2,1-2H3. The maximum Gasteiger partial charge on any atom is 0.222 e. The van der Waals surface area contributed by atoms with Gasteiger partial charge in [0.25, 0.3) is 0 Å². The van der Waals surface area contributed by atoms with Crippen molar-refractivity contribution in [3.8, 4) is 11.6 Å². The molecule has 2 rings (SSSR count). The molecule has 0 amide bonds. The first-order valence-corrected chi connectivity index (χ1v) is 5.93. The van der Waals surface area contributed by atoms with Gasteiger partial charge >= 0.3 is 0 Å². The number of hydrogen-bond acceptors (Lipinski definition) is 3. The van der Waals surface area contributed by atoms with Crippen LogP contribution >= 0.6 is 11.6 Å². The minimum atomic E-state index is -0.518. The fourth-order valence-electron chi connectivity index (χ4n) is 1.49. The van der Waals surface area contributed by atoms with Crippen molar-refractivity contribution in [2.45, 2.75) is 20.3 Å². The van der Waals surface area contributed by atoms with Crippen LogP contribution in [0, 0.1) is 12.7 Å². The lowest BCUT2D eigenvalue weighted by Gasteiger charge is -2.07. The van der Waals surface area contributed by atoms with Gasteiger partial charge in [0, 0.05) is 17.8 Å². The Hall–Kier alpha value is -1.68. The van der Waals surface area contributed by atoms with E-state index in [9.17, 15) is 4.39 Å². The molecule has 94 valence electrons. The van der Waals surface area contributed by atoms with Gasteiger partial charge in [-0.25, -0.2) is 9.37 Å². The normalized spacial score (nSPS) is 10.4. The highest BCUT2D eigenvalue weighted by molar-refractivity contribution is 6.30. The van der Waals surface area contributed by atoms with Gasteiger partial charge in [-0.05, 0) is 25.5 Å². The maximum atomic E-state index is 13.3. The monoisotopic (exact) mass is 266 g/mol. The maximum absolute atomic E-state index is 13.3. The van der Waals surface area contributed by atoms with Crippen LogP contribution in [-0.2, 0) is 6.42 Å². The van der Waals surface area contributed by atoms with Crippen molar-refractivity contribution in [2.24, 2.45) is 0 Å². The molecule has 5 heteroatoms. The zero-order valence-electron chi connectivity index (χ0n) is 10.1. The second-order valence-electron chi connectivity index (χ2n) is 3.78. The van der Waals surface area contributed by atoms with E-state index < -0.39 is 5.82 Å². The zero-order valence-corrected chi connectivity index (χ0v) is 10.8. The molecule has 1 heterocycles. The topological polar surface area (TPSA) is 35.0 Å². The van der Waals surface area contributed by atoms with Crippen molar-refractivity contribution in [2.75, 3.05) is 0 Å². The quantitative estimate of drug-likeness (QED) is 0.844. The van der Waals surface area contributed by atoms with Crippen molar-refractivity contribution in [3.63, 3.8) is 0 Å². The van der Waals surface area contributed by atoms with Crippen molar-refractivity contribution in [3.05, 3.63) is 46.6 Å². The molecule has 0 saturated carbocycles. The molecule has 1 aromatic heterocycles. The van der Waals surface area contributed by atoms with E-state index in [4.69, 9.17) is 16.3 Å². The smallest absolute Gasteiger partial charge is 0.222 e. The largest absolute Gasteiger partial charge is 0.439 e. The molecule has 0 atom stereocenters. The van der Waals surface area contributed by atoms with E-state index >= 15 is 0 Å². The lowest BCUT2D eigenvalue weighted by Crippen LogP contribution is -1.97. The van der Waals surface area contributed by atoms with Crippen LogP contribution in [0.2, 0.25) is 5.02 Å². The van der Waals surface area contributed by atoms with Gasteiger partial charge in [0.1, 0.15) is 17.4 Å². The van der Waals surface area contributed by atoms with Crippen LogP contribution in [0.3, 0.4) is 0 Å². The van der Waals surface area contributed by atoms with Gasteiger partial charge < -0.3 is 4.74 Å². The molecule has 0 unspecified atom stereocenters. The Morgan fingerprint density at radius 3 is 2.72 bits per heavy atom. The molecule has 0 aliphatic heterocycles. The van der Waals surface area contributed by atoms with Gasteiger partial charge in [-0.3, -0.25) is 0 Å². The molecule has 2 aromatic rings. The summed E-state index contributed by atoms with van der Waals surface area (Å²) in [6, 6.07) is 6.00. The first-order valence-electron chi connectivity index (χ1n) is 5.56. The van der Waals surface area contributed by atoms with Crippen molar-refractivity contribution < 1.29 is 9.13 Å². The molecule has 0 saturated heterocycles. The molecule has 3 nitrogen and oxygen atoms in total. The summed E-state index contributed by atoms with van der Waals surface area (Å²) in [5.74, 6) is 0.868. The first kappa shape index (κ1) is 12.8. The van der Waals surface area contributed by atoms with E-state index in [1.807, 2.05) is 6.92 Å². The molecular formula is C13H12ClFN2O. The van der Waals surface area contributed by atoms with Crippen LogP contribution in [-0.4, -0.2) is 9.97 Å². The van der Waals surface area contributed by atoms with Gasteiger partial charge in [-0.2, -0.15) is 4.98 Å². The molecule has 0 radical (unpaired) electrons. The Morgan fingerprint density at radius 1 is 1.28 bits per heavy atom. The van der Waals surface area contributed by atoms with E-state index in [0.29, 0.717) is 17.5 Å². The third-order valence-electron chi connectivity index (χ3n) is 2.34. The molecule has 0 spiro atoms. The summed E-state index contributed by atoms with van der Waals surface area (Å²) in [5.41, 5.74) is 0.881. The number of rotatable bonds is 3. The summed E-state index contributed by atoms with van der Waals surface area (Å²) in [6.07, 6.45) is 0.786. The molecule has 0 N–H and O–H groups in total. The van der Waals surface area contributed by atoms with E-state index in [2.05, 4.69) is 9.97 Å². The Balaban J connectivity index is 2.27. The fraction of sp³-hybridized carbons (Fsp3) is 0.231. The molecule has 18 heavy (non-hydrogen) atoms. The summed E-state index contributed by atoms with van der Waals surface area (Å²) < 4.78 is 18.7. The fourth-order valence-corrected chi connectivity index (χ4v) is 1.61. The van der Waals surface area contributed by atoms with E-state index in [1.54, 1.807) is 19.1 Å². The minimum absolute atomic E-state index is 0.0652. The summed E-state index contributed by atoms with van der Waals surface area (Å²) in [7, 11) is 0. The van der Waals surface area contributed by atoms with Crippen LogP contribution in [0.4, 0.5) is 4.39 Å². The Bertz CT molecular complexity index is 575. The highest BCUT2D eigenvalue weighted by atomic mass is 35.5. The molecule has 0 fully saturated rings. The Morgan fingerprint density at radius 2 is 2.06 bits per heavy atom. The van der Waals surface area contributed by atoms with Gasteiger partial charge in [-0.15, -0.1) is 0 Å². The predicted octanol–water partition coefficient (Wildman–Crippen LogP) is 3.93. The molecule has 0 bridgehead atoms. The number of ether oxygens (including phenoxy) is 1. The van der Waals surface area contributed by atoms with Crippen LogP contribution in [0.15, 0.2) is 24.3 Å². The van der Waals surface area contributed by atoms with Gasteiger partial charge in [0.2, 0.25) is 5.88 Å². The summed E-state index contributed by atoms with van der Waals surface area (Å²) in [4.78, 5) is 8.38. The molecule has 0 aliphatic carbocycles. The number of halogens is 2. The molecule has 1 aromatic carbocycles. The highest BCUT2D eigenvalue weighted by Crippen LogP contribution is 2.24. The highest BCUT2D eigenvalue weighted by Gasteiger charge is 2.06. The number of hydrogen-bond donors (Lipinski definition) is 0. The number of benzene rings is 1. The van der Waals surface area contributed by atoms with Gasteiger partial charge in [0.05, 0.1) is 5.02 Å². The van der Waals surface area contributed by atoms with Gasteiger partial charge in [-0.1, -0.05) is 18.5 Å². The van der Waals surface area contributed by atoms with Crippen LogP contribution in [0.1, 0.15) is 18.4 Å². The van der Waals surface area contributed by atoms with Crippen LogP contribution in [0.25, 0.3) is 0 Å².